The van der Waals surface area contributed by atoms with Gasteiger partial charge in [0.2, 0.25) is 0 Å². The quantitative estimate of drug-likeness (QED) is 0.476. The molecule has 0 saturated carbocycles. The third kappa shape index (κ3) is 99.3. The van der Waals surface area contributed by atoms with Gasteiger partial charge in [0.15, 0.2) is 0 Å². The van der Waals surface area contributed by atoms with Gasteiger partial charge in [-0.25, -0.2) is 0 Å². The van der Waals surface area contributed by atoms with Crippen LogP contribution in [0.5, 0.6) is 0 Å². The van der Waals surface area contributed by atoms with Crippen LogP contribution in [-0.4, -0.2) is 6.79 Å². The molecule has 0 atom stereocenters. The van der Waals surface area contributed by atoms with Crippen molar-refractivity contribution in [1.82, 2.24) is 0 Å². The Labute approximate surface area is 60.8 Å². The van der Waals surface area contributed by atoms with E-state index in [1.807, 2.05) is 0 Å². The molecule has 0 radical (unpaired) electrons. The van der Waals surface area contributed by atoms with E-state index in [-0.39, 0.29) is 0 Å². The number of halogens is 4. The minimum atomic E-state index is -3.06. The summed E-state index contributed by atoms with van der Waals surface area (Å²) >= 11 is -3.06. The fourth-order valence-electron chi connectivity index (χ4n) is 0. The summed E-state index contributed by atoms with van der Waals surface area (Å²) in [5.74, 6) is 0. The molecule has 0 heterocycles. The van der Waals surface area contributed by atoms with E-state index in [4.69, 9.17) is 42.5 Å². The van der Waals surface area contributed by atoms with E-state index in [0.717, 1.165) is 0 Å². The number of carbonyl (C=O) groups excluding carboxylic acids is 1. The molecule has 0 aliphatic heterocycles. The fourth-order valence-corrected chi connectivity index (χ4v) is 0. The zero-order valence-corrected chi connectivity index (χ0v) is 8.11. The van der Waals surface area contributed by atoms with Gasteiger partial charge in [-0.3, -0.25) is 6.79 Å². The SMILES string of the molecule is [CH-]=O.[Cl][Pt]([Cl])([Cl])[Cl]. The molecule has 0 aromatic carbocycles. The van der Waals surface area contributed by atoms with Gasteiger partial charge in [-0.1, -0.05) is 0 Å². The summed E-state index contributed by atoms with van der Waals surface area (Å²) in [6.07, 6.45) is 0. The van der Waals surface area contributed by atoms with E-state index in [1.54, 1.807) is 0 Å². The molecule has 0 aliphatic carbocycles. The van der Waals surface area contributed by atoms with Gasteiger partial charge in [-0.2, -0.15) is 0 Å². The third-order valence-corrected chi connectivity index (χ3v) is 0. The topological polar surface area (TPSA) is 17.1 Å². The second kappa shape index (κ2) is 5.65. The Morgan fingerprint density at radius 2 is 1.00 bits per heavy atom. The minimum absolute atomic E-state index is 3.06. The van der Waals surface area contributed by atoms with E-state index in [1.165, 1.54) is 0 Å². The summed E-state index contributed by atoms with van der Waals surface area (Å²) in [4.78, 5) is 7.75. The van der Waals surface area contributed by atoms with E-state index < -0.39 is 11.9 Å². The van der Waals surface area contributed by atoms with Crippen molar-refractivity contribution in [3.05, 3.63) is 0 Å². The zero-order valence-electron chi connectivity index (χ0n) is 2.81. The van der Waals surface area contributed by atoms with Gasteiger partial charge in [0.25, 0.3) is 0 Å². The first-order valence-electron chi connectivity index (χ1n) is 0.714. The van der Waals surface area contributed by atoms with Crippen LogP contribution in [0, 0.1) is 0 Å². The Kier molecular flexibility index (Phi) is 9.15. The molecule has 0 bridgehead atoms. The molecule has 0 unspecified atom stereocenters. The van der Waals surface area contributed by atoms with E-state index in [9.17, 15) is 0 Å². The number of hydrogen-bond acceptors (Lipinski definition) is 1. The molecule has 0 amide bonds. The van der Waals surface area contributed by atoms with Crippen molar-refractivity contribution < 1.29 is 16.7 Å². The van der Waals surface area contributed by atoms with Crippen LogP contribution < -0.4 is 0 Å². The normalized spacial score (nSPS) is 11.4. The summed E-state index contributed by atoms with van der Waals surface area (Å²) in [5, 5.41) is 0. The van der Waals surface area contributed by atoms with Crippen molar-refractivity contribution >= 4 is 44.5 Å². The van der Waals surface area contributed by atoms with Crippen molar-refractivity contribution in [2.45, 2.75) is 0 Å². The summed E-state index contributed by atoms with van der Waals surface area (Å²) in [6.45, 7) is 3.25. The average molecular weight is 366 g/mol. The Bertz CT molecular complexity index is 35.4. The van der Waals surface area contributed by atoms with Crippen LogP contribution in [0.15, 0.2) is 0 Å². The number of hydrogen-bond donors (Lipinski definition) is 0. The van der Waals surface area contributed by atoms with E-state index in [0.29, 0.717) is 0 Å². The monoisotopic (exact) mass is 364 g/mol. The maximum atomic E-state index is 7.75. The van der Waals surface area contributed by atoms with E-state index >= 15 is 0 Å². The van der Waals surface area contributed by atoms with Crippen LogP contribution >= 0.6 is 37.7 Å². The molecule has 0 aliphatic rings. The van der Waals surface area contributed by atoms with Crippen molar-refractivity contribution in [2.24, 2.45) is 0 Å². The van der Waals surface area contributed by atoms with Gasteiger partial charge < -0.3 is 4.79 Å². The Morgan fingerprint density at radius 3 is 1.00 bits per heavy atom. The standard InChI is InChI=1S/CHO.4ClH.Pt/c1-2;;;;;/h1H;4*1H;/q-1;;;;;+4/p-4. The molecule has 7 heavy (non-hydrogen) atoms. The fraction of sp³-hybridized carbons (Fsp3) is 0. The average Bonchev–Trinajstić information content (AvgIpc) is 1.36. The second-order valence-corrected chi connectivity index (χ2v) is 20.0. The molecule has 0 saturated heterocycles. The maximum absolute atomic E-state index is 7.75. The predicted octanol–water partition coefficient (Wildman–Crippen LogP) is 2.48. The summed E-state index contributed by atoms with van der Waals surface area (Å²) in [5.41, 5.74) is 0. The van der Waals surface area contributed by atoms with Gasteiger partial charge in [-0.05, 0) is 0 Å². The summed E-state index contributed by atoms with van der Waals surface area (Å²) in [7, 11) is 20.0. The predicted molar refractivity (Wildman–Crippen MR) is 30.2 cm³/mol. The first-order valence-corrected chi connectivity index (χ1v) is 12.0. The Morgan fingerprint density at radius 1 is 1.00 bits per heavy atom. The van der Waals surface area contributed by atoms with Gasteiger partial charge in [-0.15, -0.1) is 0 Å². The van der Waals surface area contributed by atoms with Crippen molar-refractivity contribution in [1.29, 1.82) is 0 Å². The first-order chi connectivity index (χ1) is 3.00. The van der Waals surface area contributed by atoms with Crippen LogP contribution in [0.1, 0.15) is 0 Å². The van der Waals surface area contributed by atoms with Gasteiger partial charge in [0.1, 0.15) is 0 Å². The van der Waals surface area contributed by atoms with Crippen LogP contribution in [-0.2, 0) is 16.7 Å². The van der Waals surface area contributed by atoms with Crippen LogP contribution in [0.25, 0.3) is 0 Å². The van der Waals surface area contributed by atoms with Gasteiger partial charge in [0, 0.05) is 0 Å². The molecule has 0 spiro atoms. The van der Waals surface area contributed by atoms with Gasteiger partial charge >= 0.3 is 49.6 Å². The van der Waals surface area contributed by atoms with Crippen LogP contribution in [0.3, 0.4) is 0 Å². The Balaban J connectivity index is 0. The third-order valence-electron chi connectivity index (χ3n) is 0. The van der Waals surface area contributed by atoms with Crippen molar-refractivity contribution in [3.8, 4) is 0 Å². The number of rotatable bonds is 0. The van der Waals surface area contributed by atoms with E-state index in [2.05, 4.69) is 6.79 Å². The van der Waals surface area contributed by atoms with Gasteiger partial charge in [0.05, 0.1) is 0 Å². The molecule has 50 valence electrons. The summed E-state index contributed by atoms with van der Waals surface area (Å²) < 4.78 is 0. The molecule has 0 fully saturated rings. The molecule has 0 rings (SSSR count). The zero-order chi connectivity index (χ0) is 6.50. The Hall–Kier alpha value is 1.52. The van der Waals surface area contributed by atoms with Crippen molar-refractivity contribution in [3.63, 3.8) is 0 Å². The molecule has 1 nitrogen and oxygen atoms in total. The first kappa shape index (κ1) is 11.3. The summed E-state index contributed by atoms with van der Waals surface area (Å²) in [6, 6.07) is 0. The molecular formula is CHCl4OPt-. The molecular weight excluding hydrogens is 365 g/mol. The van der Waals surface area contributed by atoms with Crippen molar-refractivity contribution in [2.75, 3.05) is 0 Å². The van der Waals surface area contributed by atoms with Crippen LogP contribution in [0.2, 0.25) is 0 Å². The second-order valence-electron chi connectivity index (χ2n) is 0.271. The molecule has 6 heteroatoms. The molecule has 0 aromatic heterocycles. The molecule has 0 aromatic rings. The molecule has 0 N–H and O–H groups in total. The van der Waals surface area contributed by atoms with Crippen LogP contribution in [0.4, 0.5) is 0 Å².